The molecule has 0 saturated carbocycles. The predicted octanol–water partition coefficient (Wildman–Crippen LogP) is 1.80. The number of ether oxygens (including phenoxy) is 1. The Bertz CT molecular complexity index is 425. The van der Waals surface area contributed by atoms with Crippen LogP contribution in [0.1, 0.15) is 11.1 Å². The fourth-order valence-electron chi connectivity index (χ4n) is 2.05. The zero-order valence-electron chi connectivity index (χ0n) is 10.3. The van der Waals surface area contributed by atoms with Crippen molar-refractivity contribution in [1.29, 1.82) is 0 Å². The molecular formula is C13H16F3NO2. The number of rotatable bonds is 5. The molecule has 1 aliphatic heterocycles. The summed E-state index contributed by atoms with van der Waals surface area (Å²) in [5, 5.41) is 12.2. The van der Waals surface area contributed by atoms with Gasteiger partial charge in [-0.25, -0.2) is 0 Å². The second-order valence-electron chi connectivity index (χ2n) is 4.91. The maximum absolute atomic E-state index is 12.8. The highest BCUT2D eigenvalue weighted by molar-refractivity contribution is 5.29. The third-order valence-electron chi connectivity index (χ3n) is 3.29. The van der Waals surface area contributed by atoms with Crippen LogP contribution in [-0.4, -0.2) is 31.5 Å². The predicted molar refractivity (Wildman–Crippen MR) is 63.5 cm³/mol. The first-order valence-corrected chi connectivity index (χ1v) is 6.01. The van der Waals surface area contributed by atoms with Gasteiger partial charge in [-0.1, -0.05) is 18.2 Å². The normalized spacial score (nSPS) is 18.1. The van der Waals surface area contributed by atoms with E-state index in [0.717, 1.165) is 6.07 Å². The van der Waals surface area contributed by atoms with Crippen LogP contribution in [0.3, 0.4) is 0 Å². The minimum atomic E-state index is -4.34. The maximum Gasteiger partial charge on any atom is 0.416 e. The molecule has 1 aromatic carbocycles. The summed E-state index contributed by atoms with van der Waals surface area (Å²) in [4.78, 5) is 0. The van der Waals surface area contributed by atoms with E-state index in [9.17, 15) is 18.3 Å². The second kappa shape index (κ2) is 5.48. The fourth-order valence-corrected chi connectivity index (χ4v) is 2.05. The van der Waals surface area contributed by atoms with Crippen LogP contribution in [0.15, 0.2) is 24.3 Å². The smallest absolute Gasteiger partial charge is 0.396 e. The minimum absolute atomic E-state index is 0.0269. The lowest BCUT2D eigenvalue weighted by molar-refractivity contribution is -0.139. The van der Waals surface area contributed by atoms with Crippen LogP contribution in [0.5, 0.6) is 0 Å². The highest BCUT2D eigenvalue weighted by atomic mass is 19.4. The van der Waals surface area contributed by atoms with E-state index in [1.165, 1.54) is 12.1 Å². The second-order valence-corrected chi connectivity index (χ2v) is 4.91. The number of alkyl halides is 3. The van der Waals surface area contributed by atoms with Gasteiger partial charge in [-0.05, 0) is 11.6 Å². The molecule has 1 aliphatic rings. The highest BCUT2D eigenvalue weighted by Crippen LogP contribution is 2.32. The summed E-state index contributed by atoms with van der Waals surface area (Å²) in [7, 11) is 0. The summed E-state index contributed by atoms with van der Waals surface area (Å²) in [6.07, 6.45) is -4.34. The Hall–Kier alpha value is -1.11. The first-order valence-electron chi connectivity index (χ1n) is 6.01. The van der Waals surface area contributed by atoms with Gasteiger partial charge >= 0.3 is 6.18 Å². The Kier molecular flexibility index (Phi) is 4.13. The van der Waals surface area contributed by atoms with E-state index in [4.69, 9.17) is 4.74 Å². The summed E-state index contributed by atoms with van der Waals surface area (Å²) in [6, 6.07) is 5.49. The number of hydrogen-bond donors (Lipinski definition) is 2. The van der Waals surface area contributed by atoms with Gasteiger partial charge in [0.15, 0.2) is 0 Å². The molecule has 0 radical (unpaired) electrons. The van der Waals surface area contributed by atoms with Crippen molar-refractivity contribution in [2.24, 2.45) is 5.41 Å². The van der Waals surface area contributed by atoms with Crippen LogP contribution in [0, 0.1) is 5.41 Å². The molecular weight excluding hydrogens is 259 g/mol. The Labute approximate surface area is 109 Å². The summed E-state index contributed by atoms with van der Waals surface area (Å²) < 4.78 is 43.3. The molecule has 106 valence electrons. The first-order chi connectivity index (χ1) is 8.97. The van der Waals surface area contributed by atoms with E-state index in [0.29, 0.717) is 19.8 Å². The van der Waals surface area contributed by atoms with Gasteiger partial charge < -0.3 is 15.2 Å². The standard InChI is InChI=1S/C13H16F3NO2/c14-13(15,16)11-4-2-1-3-10(11)5-17-6-12(7-18)8-19-9-12/h1-4,17-18H,5-9H2. The maximum atomic E-state index is 12.8. The molecule has 0 bridgehead atoms. The van der Waals surface area contributed by atoms with E-state index in [1.54, 1.807) is 6.07 Å². The number of hydrogen-bond acceptors (Lipinski definition) is 3. The van der Waals surface area contributed by atoms with Crippen molar-refractivity contribution in [2.45, 2.75) is 12.7 Å². The average molecular weight is 275 g/mol. The molecule has 0 atom stereocenters. The summed E-state index contributed by atoms with van der Waals surface area (Å²) in [6.45, 7) is 1.42. The number of aliphatic hydroxyl groups is 1. The van der Waals surface area contributed by atoms with E-state index < -0.39 is 11.7 Å². The number of aliphatic hydroxyl groups excluding tert-OH is 1. The van der Waals surface area contributed by atoms with Crippen molar-refractivity contribution < 1.29 is 23.0 Å². The fraction of sp³-hybridized carbons (Fsp3) is 0.538. The molecule has 1 heterocycles. The van der Waals surface area contributed by atoms with E-state index >= 15 is 0 Å². The van der Waals surface area contributed by atoms with Gasteiger partial charge in [0.05, 0.1) is 30.8 Å². The van der Waals surface area contributed by atoms with Crippen molar-refractivity contribution in [1.82, 2.24) is 5.32 Å². The molecule has 0 amide bonds. The van der Waals surface area contributed by atoms with Crippen LogP contribution in [0.4, 0.5) is 13.2 Å². The van der Waals surface area contributed by atoms with Crippen molar-refractivity contribution in [3.8, 4) is 0 Å². The average Bonchev–Trinajstić information content (AvgIpc) is 2.32. The van der Waals surface area contributed by atoms with E-state index in [2.05, 4.69) is 5.32 Å². The van der Waals surface area contributed by atoms with Gasteiger partial charge in [-0.3, -0.25) is 0 Å². The number of benzene rings is 1. The van der Waals surface area contributed by atoms with Gasteiger partial charge in [-0.2, -0.15) is 13.2 Å². The molecule has 3 nitrogen and oxygen atoms in total. The van der Waals surface area contributed by atoms with Crippen LogP contribution in [0.25, 0.3) is 0 Å². The Morgan fingerprint density at radius 1 is 1.26 bits per heavy atom. The Morgan fingerprint density at radius 3 is 2.47 bits per heavy atom. The summed E-state index contributed by atoms with van der Waals surface area (Å²) in [5.41, 5.74) is -0.749. The van der Waals surface area contributed by atoms with Gasteiger partial charge in [-0.15, -0.1) is 0 Å². The van der Waals surface area contributed by atoms with Crippen molar-refractivity contribution in [3.05, 3.63) is 35.4 Å². The van der Waals surface area contributed by atoms with Crippen molar-refractivity contribution in [3.63, 3.8) is 0 Å². The van der Waals surface area contributed by atoms with Gasteiger partial charge in [0.25, 0.3) is 0 Å². The van der Waals surface area contributed by atoms with Crippen LogP contribution in [-0.2, 0) is 17.5 Å². The zero-order chi connectivity index (χ0) is 13.9. The lowest BCUT2D eigenvalue weighted by atomic mass is 9.87. The molecule has 1 saturated heterocycles. The van der Waals surface area contributed by atoms with Gasteiger partial charge in [0.2, 0.25) is 0 Å². The van der Waals surface area contributed by atoms with Crippen LogP contribution in [0.2, 0.25) is 0 Å². The minimum Gasteiger partial charge on any atom is -0.396 e. The first kappa shape index (κ1) is 14.3. The van der Waals surface area contributed by atoms with E-state index in [1.807, 2.05) is 0 Å². The lowest BCUT2D eigenvalue weighted by Gasteiger charge is -2.40. The van der Waals surface area contributed by atoms with E-state index in [-0.39, 0.29) is 24.1 Å². The molecule has 2 rings (SSSR count). The zero-order valence-corrected chi connectivity index (χ0v) is 10.3. The van der Waals surface area contributed by atoms with Gasteiger partial charge in [0, 0.05) is 13.1 Å². The Balaban J connectivity index is 1.96. The molecule has 0 unspecified atom stereocenters. The van der Waals surface area contributed by atoms with Crippen LogP contribution >= 0.6 is 0 Å². The van der Waals surface area contributed by atoms with Crippen molar-refractivity contribution in [2.75, 3.05) is 26.4 Å². The monoisotopic (exact) mass is 275 g/mol. The highest BCUT2D eigenvalue weighted by Gasteiger charge is 2.38. The molecule has 2 N–H and O–H groups in total. The summed E-state index contributed by atoms with van der Waals surface area (Å²) in [5.74, 6) is 0. The SMILES string of the molecule is OCC1(CNCc2ccccc2C(F)(F)F)COC1. The molecule has 1 aromatic rings. The molecule has 6 heteroatoms. The summed E-state index contributed by atoms with van der Waals surface area (Å²) >= 11 is 0. The molecule has 0 spiro atoms. The number of nitrogens with one attached hydrogen (secondary N) is 1. The largest absolute Gasteiger partial charge is 0.416 e. The van der Waals surface area contributed by atoms with Gasteiger partial charge in [0.1, 0.15) is 0 Å². The van der Waals surface area contributed by atoms with Crippen LogP contribution < -0.4 is 5.32 Å². The third kappa shape index (κ3) is 3.26. The molecule has 0 aromatic heterocycles. The third-order valence-corrected chi connectivity index (χ3v) is 3.29. The topological polar surface area (TPSA) is 41.5 Å². The lowest BCUT2D eigenvalue weighted by Crippen LogP contribution is -2.52. The molecule has 1 fully saturated rings. The quantitative estimate of drug-likeness (QED) is 0.861. The Morgan fingerprint density at radius 2 is 1.95 bits per heavy atom. The number of halogens is 3. The molecule has 19 heavy (non-hydrogen) atoms. The molecule has 0 aliphatic carbocycles. The van der Waals surface area contributed by atoms with Crippen molar-refractivity contribution >= 4 is 0 Å².